The van der Waals surface area contributed by atoms with E-state index in [0.717, 1.165) is 29.7 Å². The normalized spacial score (nSPS) is 16.9. The van der Waals surface area contributed by atoms with Crippen molar-refractivity contribution in [3.8, 4) is 11.8 Å². The van der Waals surface area contributed by atoms with E-state index in [-0.39, 0.29) is 17.7 Å². The number of amides is 2. The van der Waals surface area contributed by atoms with E-state index in [1.807, 2.05) is 61.5 Å². The molecule has 0 bridgehead atoms. The van der Waals surface area contributed by atoms with Gasteiger partial charge in [0.15, 0.2) is 0 Å². The molecule has 6 heteroatoms. The minimum Gasteiger partial charge on any atom is -0.494 e. The summed E-state index contributed by atoms with van der Waals surface area (Å²) in [6, 6.07) is 19.8. The molecular formula is C30H39N3O3. The molecule has 0 aliphatic carbocycles. The Morgan fingerprint density at radius 2 is 1.86 bits per heavy atom. The van der Waals surface area contributed by atoms with Crippen LogP contribution in [0.5, 0.6) is 5.75 Å². The lowest BCUT2D eigenvalue weighted by atomic mass is 9.69. The monoisotopic (exact) mass is 489 g/mol. The van der Waals surface area contributed by atoms with E-state index in [9.17, 15) is 14.9 Å². The second kappa shape index (κ2) is 13.1. The molecule has 1 fully saturated rings. The van der Waals surface area contributed by atoms with Crippen molar-refractivity contribution >= 4 is 11.8 Å². The SMILES string of the molecule is CCOc1ccccc1CNC(=O)[C@H]1CCCN1C(=O)CCCCC(C#N)(c1ccccc1)C(C)C. The number of benzene rings is 2. The number of hydrogen-bond acceptors (Lipinski definition) is 4. The highest BCUT2D eigenvalue weighted by Crippen LogP contribution is 2.37. The summed E-state index contributed by atoms with van der Waals surface area (Å²) in [5.74, 6) is 0.846. The molecule has 0 radical (unpaired) electrons. The average Bonchev–Trinajstić information content (AvgIpc) is 3.39. The highest BCUT2D eigenvalue weighted by atomic mass is 16.5. The summed E-state index contributed by atoms with van der Waals surface area (Å²) in [7, 11) is 0. The maximum atomic E-state index is 13.0. The molecule has 1 aliphatic heterocycles. The smallest absolute Gasteiger partial charge is 0.243 e. The van der Waals surface area contributed by atoms with Crippen LogP contribution < -0.4 is 10.1 Å². The molecule has 1 saturated heterocycles. The Balaban J connectivity index is 1.52. The van der Waals surface area contributed by atoms with Crippen molar-refractivity contribution in [2.75, 3.05) is 13.2 Å². The van der Waals surface area contributed by atoms with Crippen molar-refractivity contribution in [1.29, 1.82) is 5.26 Å². The molecule has 1 unspecified atom stereocenters. The van der Waals surface area contributed by atoms with Crippen LogP contribution in [0.4, 0.5) is 0 Å². The van der Waals surface area contributed by atoms with Crippen LogP contribution in [-0.2, 0) is 21.5 Å². The maximum absolute atomic E-state index is 13.0. The number of carbonyl (C=O) groups is 2. The molecule has 2 aromatic rings. The summed E-state index contributed by atoms with van der Waals surface area (Å²) in [5, 5.41) is 13.1. The van der Waals surface area contributed by atoms with Gasteiger partial charge >= 0.3 is 0 Å². The Morgan fingerprint density at radius 1 is 1.14 bits per heavy atom. The number of hydrogen-bond donors (Lipinski definition) is 1. The molecule has 3 rings (SSSR count). The third-order valence-electron chi connectivity index (χ3n) is 7.29. The van der Waals surface area contributed by atoms with E-state index < -0.39 is 11.5 Å². The van der Waals surface area contributed by atoms with Gasteiger partial charge in [0.25, 0.3) is 0 Å². The Bertz CT molecular complexity index is 1050. The van der Waals surface area contributed by atoms with E-state index >= 15 is 0 Å². The van der Waals surface area contributed by atoms with Crippen molar-refractivity contribution in [2.24, 2.45) is 5.92 Å². The molecule has 1 aliphatic rings. The van der Waals surface area contributed by atoms with Crippen LogP contribution in [0.2, 0.25) is 0 Å². The maximum Gasteiger partial charge on any atom is 0.243 e. The minimum absolute atomic E-state index is 0.0224. The Kier molecular flexibility index (Phi) is 9.93. The molecule has 2 atom stereocenters. The van der Waals surface area contributed by atoms with Gasteiger partial charge in [-0.1, -0.05) is 68.8 Å². The number of ether oxygens (including phenoxy) is 1. The van der Waals surface area contributed by atoms with Gasteiger partial charge in [0.2, 0.25) is 11.8 Å². The summed E-state index contributed by atoms with van der Waals surface area (Å²) in [5.41, 5.74) is 1.40. The van der Waals surface area contributed by atoms with Crippen LogP contribution >= 0.6 is 0 Å². The Labute approximate surface area is 215 Å². The highest BCUT2D eigenvalue weighted by molar-refractivity contribution is 5.88. The predicted octanol–water partition coefficient (Wildman–Crippen LogP) is 5.37. The average molecular weight is 490 g/mol. The number of unbranched alkanes of at least 4 members (excludes halogenated alkanes) is 1. The van der Waals surface area contributed by atoms with Crippen molar-refractivity contribution in [3.05, 3.63) is 65.7 Å². The fraction of sp³-hybridized carbons (Fsp3) is 0.500. The summed E-state index contributed by atoms with van der Waals surface area (Å²) in [4.78, 5) is 27.7. The van der Waals surface area contributed by atoms with Crippen LogP contribution in [0.3, 0.4) is 0 Å². The van der Waals surface area contributed by atoms with E-state index in [2.05, 4.69) is 25.2 Å². The van der Waals surface area contributed by atoms with Gasteiger partial charge < -0.3 is 15.0 Å². The summed E-state index contributed by atoms with van der Waals surface area (Å²) in [6.45, 7) is 7.66. The zero-order valence-electron chi connectivity index (χ0n) is 21.8. The van der Waals surface area contributed by atoms with Crippen LogP contribution in [0, 0.1) is 17.2 Å². The molecular weight excluding hydrogens is 450 g/mol. The molecule has 1 heterocycles. The van der Waals surface area contributed by atoms with Gasteiger partial charge in [0.1, 0.15) is 11.8 Å². The van der Waals surface area contributed by atoms with E-state index in [0.29, 0.717) is 45.4 Å². The molecule has 2 aromatic carbocycles. The topological polar surface area (TPSA) is 82.4 Å². The first-order valence-electron chi connectivity index (χ1n) is 13.2. The van der Waals surface area contributed by atoms with Crippen LogP contribution in [0.15, 0.2) is 54.6 Å². The lowest BCUT2D eigenvalue weighted by Gasteiger charge is -2.31. The first kappa shape index (κ1) is 27.3. The van der Waals surface area contributed by atoms with Gasteiger partial charge in [-0.15, -0.1) is 0 Å². The number of nitriles is 1. The van der Waals surface area contributed by atoms with Gasteiger partial charge in [0, 0.05) is 25.1 Å². The quantitative estimate of drug-likeness (QED) is 0.406. The lowest BCUT2D eigenvalue weighted by Crippen LogP contribution is -2.45. The van der Waals surface area contributed by atoms with Gasteiger partial charge in [-0.25, -0.2) is 0 Å². The van der Waals surface area contributed by atoms with Gasteiger partial charge in [0.05, 0.1) is 18.1 Å². The van der Waals surface area contributed by atoms with Crippen LogP contribution in [0.25, 0.3) is 0 Å². The van der Waals surface area contributed by atoms with Crippen molar-refractivity contribution < 1.29 is 14.3 Å². The van der Waals surface area contributed by atoms with Crippen molar-refractivity contribution in [1.82, 2.24) is 10.2 Å². The predicted molar refractivity (Wildman–Crippen MR) is 141 cm³/mol. The summed E-state index contributed by atoms with van der Waals surface area (Å²) in [6.07, 6.45) is 4.11. The standard InChI is InChI=1S/C30H39N3O3/c1-4-36-27-17-9-8-13-24(27)21-32-29(35)26-16-12-20-33(26)28(34)18-10-11-19-30(22-31,23(2)3)25-14-6-5-7-15-25/h5-9,13-15,17,23,26H,4,10-12,16,18-21H2,1-3H3,(H,32,35)/t26-,30?/m1/s1. The zero-order chi connectivity index (χ0) is 26.0. The van der Waals surface area contributed by atoms with Gasteiger partial charge in [-0.2, -0.15) is 5.26 Å². The van der Waals surface area contributed by atoms with Gasteiger partial charge in [-0.3, -0.25) is 9.59 Å². The van der Waals surface area contributed by atoms with Crippen LogP contribution in [-0.4, -0.2) is 35.9 Å². The van der Waals surface area contributed by atoms with E-state index in [4.69, 9.17) is 4.74 Å². The fourth-order valence-corrected chi connectivity index (χ4v) is 5.16. The molecule has 36 heavy (non-hydrogen) atoms. The first-order chi connectivity index (χ1) is 17.4. The first-order valence-corrected chi connectivity index (χ1v) is 13.2. The highest BCUT2D eigenvalue weighted by Gasteiger charge is 2.36. The minimum atomic E-state index is -0.557. The van der Waals surface area contributed by atoms with E-state index in [1.165, 1.54) is 0 Å². The van der Waals surface area contributed by atoms with Crippen molar-refractivity contribution in [2.45, 2.75) is 77.3 Å². The number of rotatable bonds is 12. The zero-order valence-corrected chi connectivity index (χ0v) is 21.8. The Hall–Kier alpha value is -3.33. The largest absolute Gasteiger partial charge is 0.494 e. The van der Waals surface area contributed by atoms with Crippen LogP contribution in [0.1, 0.15) is 70.4 Å². The number of nitrogens with one attached hydrogen (secondary N) is 1. The molecule has 6 nitrogen and oxygen atoms in total. The number of likely N-dealkylation sites (tertiary alicyclic amines) is 1. The molecule has 0 aromatic heterocycles. The summed E-state index contributed by atoms with van der Waals surface area (Å²) >= 11 is 0. The van der Waals surface area contributed by atoms with Gasteiger partial charge in [-0.05, 0) is 50.2 Å². The number of carbonyl (C=O) groups excluding carboxylic acids is 2. The molecule has 0 spiro atoms. The number of para-hydroxylation sites is 1. The third-order valence-corrected chi connectivity index (χ3v) is 7.29. The number of nitrogens with zero attached hydrogens (tertiary/aromatic N) is 2. The molecule has 1 N–H and O–H groups in total. The van der Waals surface area contributed by atoms with Crippen molar-refractivity contribution in [3.63, 3.8) is 0 Å². The van der Waals surface area contributed by atoms with E-state index in [1.54, 1.807) is 4.90 Å². The second-order valence-electron chi connectivity index (χ2n) is 9.81. The summed E-state index contributed by atoms with van der Waals surface area (Å²) < 4.78 is 5.65. The Morgan fingerprint density at radius 3 is 2.56 bits per heavy atom. The fourth-order valence-electron chi connectivity index (χ4n) is 5.16. The lowest BCUT2D eigenvalue weighted by molar-refractivity contribution is -0.138. The molecule has 2 amide bonds. The molecule has 192 valence electrons. The molecule has 0 saturated carbocycles. The third kappa shape index (κ3) is 6.46. The second-order valence-corrected chi connectivity index (χ2v) is 9.81.